The number of methoxy groups -OCH3 is 1. The van der Waals surface area contributed by atoms with Crippen LogP contribution in [-0.2, 0) is 0 Å². The maximum absolute atomic E-state index is 12.9. The number of aliphatic hydroxyl groups excluding tert-OH is 1. The molecule has 1 rings (SSSR count). The summed E-state index contributed by atoms with van der Waals surface area (Å²) in [6.07, 6.45) is 0.389. The fourth-order valence-electron chi connectivity index (χ4n) is 1.29. The molecule has 1 aromatic carbocycles. The zero-order chi connectivity index (χ0) is 10.6. The van der Waals surface area contributed by atoms with E-state index in [1.54, 1.807) is 0 Å². The molecule has 0 heterocycles. The van der Waals surface area contributed by atoms with Crippen LogP contribution in [0.3, 0.4) is 0 Å². The Balaban J connectivity index is 2.97. The van der Waals surface area contributed by atoms with Gasteiger partial charge in [0.15, 0.2) is 0 Å². The van der Waals surface area contributed by atoms with Crippen molar-refractivity contribution in [2.24, 2.45) is 5.73 Å². The van der Waals surface area contributed by atoms with Gasteiger partial charge in [-0.1, -0.05) is 0 Å². The normalized spacial score (nSPS) is 12.6. The molecule has 0 spiro atoms. The van der Waals surface area contributed by atoms with Crippen LogP contribution in [0.4, 0.5) is 4.39 Å². The van der Waals surface area contributed by atoms with E-state index in [-0.39, 0.29) is 12.4 Å². The predicted octanol–water partition coefficient (Wildman–Crippen LogP) is 1.22. The van der Waals surface area contributed by atoms with Crippen LogP contribution in [0.5, 0.6) is 5.75 Å². The predicted molar refractivity (Wildman–Crippen MR) is 51.6 cm³/mol. The van der Waals surface area contributed by atoms with Gasteiger partial charge in [-0.3, -0.25) is 0 Å². The standard InChI is InChI=1S/C10H14FNO2/c1-14-10-3-2-7(11)6-8(10)9(12)4-5-13/h2-3,6,9,13H,4-5,12H2,1H3/t9-/m0/s1. The van der Waals surface area contributed by atoms with E-state index in [2.05, 4.69) is 0 Å². The van der Waals surface area contributed by atoms with Gasteiger partial charge < -0.3 is 15.6 Å². The number of ether oxygens (including phenoxy) is 1. The van der Waals surface area contributed by atoms with Crippen LogP contribution in [0.25, 0.3) is 0 Å². The molecule has 14 heavy (non-hydrogen) atoms. The largest absolute Gasteiger partial charge is 0.496 e. The molecule has 0 aliphatic heterocycles. The lowest BCUT2D eigenvalue weighted by Crippen LogP contribution is -2.13. The highest BCUT2D eigenvalue weighted by molar-refractivity contribution is 5.36. The van der Waals surface area contributed by atoms with Crippen molar-refractivity contribution in [3.05, 3.63) is 29.6 Å². The molecule has 1 atom stereocenters. The average molecular weight is 199 g/mol. The van der Waals surface area contributed by atoms with Gasteiger partial charge in [0, 0.05) is 18.2 Å². The van der Waals surface area contributed by atoms with Crippen LogP contribution in [0.1, 0.15) is 18.0 Å². The molecule has 1 aromatic rings. The molecule has 0 fully saturated rings. The zero-order valence-electron chi connectivity index (χ0n) is 8.03. The quantitative estimate of drug-likeness (QED) is 0.766. The van der Waals surface area contributed by atoms with Crippen molar-refractivity contribution in [2.75, 3.05) is 13.7 Å². The van der Waals surface area contributed by atoms with Gasteiger partial charge in [-0.25, -0.2) is 4.39 Å². The Morgan fingerprint density at radius 1 is 1.57 bits per heavy atom. The highest BCUT2D eigenvalue weighted by atomic mass is 19.1. The molecule has 0 bridgehead atoms. The number of hydrogen-bond donors (Lipinski definition) is 2. The number of halogens is 1. The van der Waals surface area contributed by atoms with Crippen molar-refractivity contribution in [3.8, 4) is 5.75 Å². The SMILES string of the molecule is COc1ccc(F)cc1[C@@H](N)CCO. The number of nitrogens with two attached hydrogens (primary N) is 1. The van der Waals surface area contributed by atoms with Gasteiger partial charge in [-0.15, -0.1) is 0 Å². The Bertz CT molecular complexity index is 304. The van der Waals surface area contributed by atoms with Crippen molar-refractivity contribution in [2.45, 2.75) is 12.5 Å². The van der Waals surface area contributed by atoms with Crippen molar-refractivity contribution in [1.82, 2.24) is 0 Å². The van der Waals surface area contributed by atoms with E-state index in [1.165, 1.54) is 25.3 Å². The Hall–Kier alpha value is -1.13. The number of rotatable bonds is 4. The van der Waals surface area contributed by atoms with Gasteiger partial charge in [0.05, 0.1) is 7.11 Å². The summed E-state index contributed by atoms with van der Waals surface area (Å²) in [6, 6.07) is 3.78. The molecule has 3 N–H and O–H groups in total. The van der Waals surface area contributed by atoms with Crippen LogP contribution in [0.2, 0.25) is 0 Å². The molecule has 0 amide bonds. The molecular weight excluding hydrogens is 185 g/mol. The topological polar surface area (TPSA) is 55.5 Å². The lowest BCUT2D eigenvalue weighted by atomic mass is 10.0. The summed E-state index contributed by atoms with van der Waals surface area (Å²) >= 11 is 0. The fourth-order valence-corrected chi connectivity index (χ4v) is 1.29. The lowest BCUT2D eigenvalue weighted by molar-refractivity contribution is 0.275. The minimum atomic E-state index is -0.398. The molecule has 0 aliphatic carbocycles. The molecule has 0 saturated carbocycles. The van der Waals surface area contributed by atoms with Crippen LogP contribution in [-0.4, -0.2) is 18.8 Å². The van der Waals surface area contributed by atoms with Gasteiger partial charge in [-0.05, 0) is 24.6 Å². The van der Waals surface area contributed by atoms with E-state index in [0.29, 0.717) is 17.7 Å². The van der Waals surface area contributed by atoms with Gasteiger partial charge >= 0.3 is 0 Å². The third-order valence-corrected chi connectivity index (χ3v) is 2.03. The van der Waals surface area contributed by atoms with E-state index in [4.69, 9.17) is 15.6 Å². The fraction of sp³-hybridized carbons (Fsp3) is 0.400. The molecular formula is C10H14FNO2. The van der Waals surface area contributed by atoms with Crippen molar-refractivity contribution >= 4 is 0 Å². The highest BCUT2D eigenvalue weighted by Crippen LogP contribution is 2.26. The van der Waals surface area contributed by atoms with Crippen LogP contribution >= 0.6 is 0 Å². The summed E-state index contributed by atoms with van der Waals surface area (Å²) < 4.78 is 18.0. The minimum Gasteiger partial charge on any atom is -0.496 e. The summed E-state index contributed by atoms with van der Waals surface area (Å²) in [5, 5.41) is 8.72. The molecule has 0 radical (unpaired) electrons. The van der Waals surface area contributed by atoms with E-state index >= 15 is 0 Å². The first-order chi connectivity index (χ1) is 6.69. The molecule has 4 heteroatoms. The van der Waals surface area contributed by atoms with Gasteiger partial charge in [0.2, 0.25) is 0 Å². The van der Waals surface area contributed by atoms with Gasteiger partial charge in [0.1, 0.15) is 11.6 Å². The van der Waals surface area contributed by atoms with Crippen molar-refractivity contribution < 1.29 is 14.2 Å². The van der Waals surface area contributed by atoms with E-state index < -0.39 is 6.04 Å². The smallest absolute Gasteiger partial charge is 0.123 e. The zero-order valence-corrected chi connectivity index (χ0v) is 8.03. The molecule has 0 saturated heterocycles. The Morgan fingerprint density at radius 3 is 2.86 bits per heavy atom. The Morgan fingerprint density at radius 2 is 2.29 bits per heavy atom. The second kappa shape index (κ2) is 4.93. The first-order valence-corrected chi connectivity index (χ1v) is 4.39. The Kier molecular flexibility index (Phi) is 3.85. The minimum absolute atomic E-state index is 0.0270. The maximum atomic E-state index is 12.9. The number of benzene rings is 1. The van der Waals surface area contributed by atoms with Gasteiger partial charge in [0.25, 0.3) is 0 Å². The van der Waals surface area contributed by atoms with Gasteiger partial charge in [-0.2, -0.15) is 0 Å². The first-order valence-electron chi connectivity index (χ1n) is 4.39. The number of hydrogen-bond acceptors (Lipinski definition) is 3. The highest BCUT2D eigenvalue weighted by Gasteiger charge is 2.12. The van der Waals surface area contributed by atoms with E-state index in [1.807, 2.05) is 0 Å². The summed E-state index contributed by atoms with van der Waals surface area (Å²) in [7, 11) is 1.50. The summed E-state index contributed by atoms with van der Waals surface area (Å²) in [6.45, 7) is -0.0270. The molecule has 0 unspecified atom stereocenters. The van der Waals surface area contributed by atoms with E-state index in [9.17, 15) is 4.39 Å². The molecule has 0 aromatic heterocycles. The monoisotopic (exact) mass is 199 g/mol. The Labute approximate surface area is 82.3 Å². The molecule has 0 aliphatic rings. The van der Waals surface area contributed by atoms with Crippen molar-refractivity contribution in [1.29, 1.82) is 0 Å². The first kappa shape index (κ1) is 10.9. The van der Waals surface area contributed by atoms with E-state index in [0.717, 1.165) is 0 Å². The summed E-state index contributed by atoms with van der Waals surface area (Å²) in [5.41, 5.74) is 6.33. The summed E-state index contributed by atoms with van der Waals surface area (Å²) in [5.74, 6) is 0.196. The second-order valence-electron chi connectivity index (χ2n) is 3.01. The second-order valence-corrected chi connectivity index (χ2v) is 3.01. The van der Waals surface area contributed by atoms with Crippen LogP contribution in [0.15, 0.2) is 18.2 Å². The maximum Gasteiger partial charge on any atom is 0.123 e. The third kappa shape index (κ3) is 2.43. The summed E-state index contributed by atoms with van der Waals surface area (Å²) in [4.78, 5) is 0. The van der Waals surface area contributed by atoms with Crippen molar-refractivity contribution in [3.63, 3.8) is 0 Å². The molecule has 78 valence electrons. The number of aliphatic hydroxyl groups is 1. The lowest BCUT2D eigenvalue weighted by Gasteiger charge is -2.14. The molecule has 3 nitrogen and oxygen atoms in total. The third-order valence-electron chi connectivity index (χ3n) is 2.03. The van der Waals surface area contributed by atoms with Crippen LogP contribution < -0.4 is 10.5 Å². The van der Waals surface area contributed by atoms with Crippen LogP contribution in [0, 0.1) is 5.82 Å². The average Bonchev–Trinajstić information content (AvgIpc) is 2.18.